The summed E-state index contributed by atoms with van der Waals surface area (Å²) >= 11 is 1.46. The molecule has 0 unspecified atom stereocenters. The van der Waals surface area contributed by atoms with Crippen LogP contribution in [-0.4, -0.2) is 19.2 Å². The average molecular weight is 288 g/mol. The number of methoxy groups -OCH3 is 2. The van der Waals surface area contributed by atoms with Crippen LogP contribution >= 0.6 is 11.3 Å². The molecule has 104 valence electrons. The van der Waals surface area contributed by atoms with Crippen LogP contribution in [0.2, 0.25) is 0 Å². The first-order chi connectivity index (χ1) is 9.71. The fraction of sp³-hybridized carbons (Fsp3) is 0.333. The van der Waals surface area contributed by atoms with Crippen molar-refractivity contribution in [2.75, 3.05) is 14.2 Å². The molecule has 5 heteroatoms. The molecule has 0 atom stereocenters. The van der Waals surface area contributed by atoms with E-state index in [9.17, 15) is 0 Å². The lowest BCUT2D eigenvalue weighted by atomic mass is 10.1. The Morgan fingerprint density at radius 3 is 2.55 bits per heavy atom. The minimum absolute atomic E-state index is 0.694. The van der Waals surface area contributed by atoms with E-state index >= 15 is 0 Å². The monoisotopic (exact) mass is 288 g/mol. The van der Waals surface area contributed by atoms with Crippen molar-refractivity contribution in [2.45, 2.75) is 19.8 Å². The first kappa shape index (κ1) is 14.4. The summed E-state index contributed by atoms with van der Waals surface area (Å²) in [4.78, 5) is 5.23. The molecule has 4 nitrogen and oxygen atoms in total. The molecule has 2 rings (SSSR count). The van der Waals surface area contributed by atoms with E-state index in [2.05, 4.69) is 11.1 Å². The van der Waals surface area contributed by atoms with Gasteiger partial charge in [-0.1, -0.05) is 13.0 Å². The van der Waals surface area contributed by atoms with Gasteiger partial charge in [0.25, 0.3) is 0 Å². The van der Waals surface area contributed by atoms with E-state index in [-0.39, 0.29) is 0 Å². The second-order valence-corrected chi connectivity index (χ2v) is 5.30. The average Bonchev–Trinajstić information content (AvgIpc) is 2.89. The Morgan fingerprint density at radius 2 is 2.00 bits per heavy atom. The van der Waals surface area contributed by atoms with Gasteiger partial charge in [-0.15, -0.1) is 11.3 Å². The standard InChI is InChI=1S/C15H16N2O2S/c1-4-11-14(9-16)20-15(17-11)8-10-5-6-12(18-2)13(7-10)19-3/h5-7H,4,8H2,1-3H3. The molecular formula is C15H16N2O2S. The molecule has 0 bridgehead atoms. The number of benzene rings is 1. The van der Waals surface area contributed by atoms with Crippen molar-refractivity contribution in [3.05, 3.63) is 39.3 Å². The van der Waals surface area contributed by atoms with Crippen molar-refractivity contribution in [1.29, 1.82) is 5.26 Å². The summed E-state index contributed by atoms with van der Waals surface area (Å²) in [5.74, 6) is 1.42. The zero-order chi connectivity index (χ0) is 14.5. The number of nitrogens with zero attached hydrogens (tertiary/aromatic N) is 2. The maximum Gasteiger partial charge on any atom is 0.160 e. The number of rotatable bonds is 5. The van der Waals surface area contributed by atoms with Gasteiger partial charge >= 0.3 is 0 Å². The number of aryl methyl sites for hydroxylation is 1. The number of thiazole rings is 1. The maximum absolute atomic E-state index is 9.06. The highest BCUT2D eigenvalue weighted by Crippen LogP contribution is 2.29. The molecule has 0 fully saturated rings. The van der Waals surface area contributed by atoms with E-state index in [1.165, 1.54) is 11.3 Å². The van der Waals surface area contributed by atoms with Crippen LogP contribution < -0.4 is 9.47 Å². The molecule has 0 amide bonds. The van der Waals surface area contributed by atoms with Gasteiger partial charge in [0, 0.05) is 6.42 Å². The van der Waals surface area contributed by atoms with Crippen LogP contribution in [0.15, 0.2) is 18.2 Å². The van der Waals surface area contributed by atoms with Gasteiger partial charge in [-0.05, 0) is 24.1 Å². The lowest BCUT2D eigenvalue weighted by Crippen LogP contribution is -1.94. The highest BCUT2D eigenvalue weighted by molar-refractivity contribution is 7.12. The summed E-state index contributed by atoms with van der Waals surface area (Å²) < 4.78 is 10.5. The second kappa shape index (κ2) is 6.40. The molecule has 2 aromatic rings. The zero-order valence-corrected chi connectivity index (χ0v) is 12.6. The summed E-state index contributed by atoms with van der Waals surface area (Å²) in [6.07, 6.45) is 1.48. The smallest absolute Gasteiger partial charge is 0.160 e. The molecule has 1 aromatic carbocycles. The van der Waals surface area contributed by atoms with Gasteiger partial charge in [0.05, 0.1) is 24.9 Å². The lowest BCUT2D eigenvalue weighted by Gasteiger charge is -2.08. The zero-order valence-electron chi connectivity index (χ0n) is 11.8. The molecule has 1 heterocycles. The first-order valence-electron chi connectivity index (χ1n) is 6.31. The predicted octanol–water partition coefficient (Wildman–Crippen LogP) is 3.19. The second-order valence-electron chi connectivity index (χ2n) is 4.21. The highest BCUT2D eigenvalue weighted by atomic mass is 32.1. The van der Waals surface area contributed by atoms with Crippen LogP contribution in [0.5, 0.6) is 11.5 Å². The van der Waals surface area contributed by atoms with Crippen LogP contribution in [0.1, 0.15) is 28.1 Å². The van der Waals surface area contributed by atoms with Gasteiger partial charge in [-0.3, -0.25) is 0 Å². The van der Waals surface area contributed by atoms with Crippen molar-refractivity contribution >= 4 is 11.3 Å². The van der Waals surface area contributed by atoms with Crippen LogP contribution in [0, 0.1) is 11.3 Å². The van der Waals surface area contributed by atoms with E-state index in [1.54, 1.807) is 14.2 Å². The fourth-order valence-electron chi connectivity index (χ4n) is 1.97. The number of hydrogen-bond acceptors (Lipinski definition) is 5. The number of nitriles is 1. The Labute approximate surface area is 122 Å². The van der Waals surface area contributed by atoms with Crippen molar-refractivity contribution in [3.8, 4) is 17.6 Å². The van der Waals surface area contributed by atoms with Crippen molar-refractivity contribution < 1.29 is 9.47 Å². The Bertz CT molecular complexity index is 644. The Kier molecular flexibility index (Phi) is 4.59. The van der Waals surface area contributed by atoms with Gasteiger partial charge in [0.2, 0.25) is 0 Å². The number of ether oxygens (including phenoxy) is 2. The van der Waals surface area contributed by atoms with Crippen LogP contribution in [0.25, 0.3) is 0 Å². The molecule has 0 radical (unpaired) electrons. The summed E-state index contributed by atoms with van der Waals surface area (Å²) in [5.41, 5.74) is 1.97. The van der Waals surface area contributed by atoms with Crippen LogP contribution in [0.4, 0.5) is 0 Å². The molecule has 20 heavy (non-hydrogen) atoms. The number of aromatic nitrogens is 1. The predicted molar refractivity (Wildman–Crippen MR) is 78.6 cm³/mol. The summed E-state index contributed by atoms with van der Waals surface area (Å²) in [7, 11) is 3.24. The topological polar surface area (TPSA) is 55.1 Å². The normalized spacial score (nSPS) is 10.1. The van der Waals surface area contributed by atoms with Gasteiger partial charge in [-0.2, -0.15) is 5.26 Å². The minimum atomic E-state index is 0.694. The van der Waals surface area contributed by atoms with Crippen molar-refractivity contribution in [1.82, 2.24) is 4.98 Å². The van der Waals surface area contributed by atoms with Gasteiger partial charge in [-0.25, -0.2) is 4.98 Å². The molecule has 0 N–H and O–H groups in total. The third-order valence-electron chi connectivity index (χ3n) is 2.98. The SMILES string of the molecule is CCc1nc(Cc2ccc(OC)c(OC)c2)sc1C#N. The first-order valence-corrected chi connectivity index (χ1v) is 7.13. The van der Waals surface area contributed by atoms with Gasteiger partial charge < -0.3 is 9.47 Å². The fourth-order valence-corrected chi connectivity index (χ4v) is 2.95. The van der Waals surface area contributed by atoms with Crippen LogP contribution in [0.3, 0.4) is 0 Å². The quantitative estimate of drug-likeness (QED) is 0.848. The van der Waals surface area contributed by atoms with E-state index in [0.29, 0.717) is 22.8 Å². The molecule has 0 spiro atoms. The van der Waals surface area contributed by atoms with E-state index < -0.39 is 0 Å². The molecule has 0 saturated heterocycles. The van der Waals surface area contributed by atoms with Crippen LogP contribution in [-0.2, 0) is 12.8 Å². The Balaban J connectivity index is 2.26. The van der Waals surface area contributed by atoms with Gasteiger partial charge in [0.1, 0.15) is 10.9 Å². The minimum Gasteiger partial charge on any atom is -0.493 e. The van der Waals surface area contributed by atoms with Gasteiger partial charge in [0.15, 0.2) is 11.5 Å². The molecule has 0 aliphatic heterocycles. The summed E-state index contributed by atoms with van der Waals surface area (Å²) in [6, 6.07) is 8.02. The molecule has 0 aliphatic rings. The third-order valence-corrected chi connectivity index (χ3v) is 3.98. The van der Waals surface area contributed by atoms with E-state index in [4.69, 9.17) is 14.7 Å². The highest BCUT2D eigenvalue weighted by Gasteiger charge is 2.11. The van der Waals surface area contributed by atoms with Crippen molar-refractivity contribution in [3.63, 3.8) is 0 Å². The molecule has 0 saturated carbocycles. The maximum atomic E-state index is 9.06. The third kappa shape index (κ3) is 2.91. The number of hydrogen-bond donors (Lipinski definition) is 0. The largest absolute Gasteiger partial charge is 0.493 e. The summed E-state index contributed by atoms with van der Waals surface area (Å²) in [6.45, 7) is 2.01. The Morgan fingerprint density at radius 1 is 1.25 bits per heavy atom. The molecular weight excluding hydrogens is 272 g/mol. The van der Waals surface area contributed by atoms with E-state index in [1.807, 2.05) is 25.1 Å². The molecule has 1 aromatic heterocycles. The molecule has 0 aliphatic carbocycles. The summed E-state index contributed by atoms with van der Waals surface area (Å²) in [5, 5.41) is 10.0. The Hall–Kier alpha value is -2.06. The van der Waals surface area contributed by atoms with E-state index in [0.717, 1.165) is 22.7 Å². The lowest BCUT2D eigenvalue weighted by molar-refractivity contribution is 0.354. The van der Waals surface area contributed by atoms with Crippen molar-refractivity contribution in [2.24, 2.45) is 0 Å².